The van der Waals surface area contributed by atoms with Gasteiger partial charge in [0.15, 0.2) is 5.60 Å². The Morgan fingerprint density at radius 2 is 1.90 bits per heavy atom. The zero-order chi connectivity index (χ0) is 22.8. The van der Waals surface area contributed by atoms with Gasteiger partial charge in [-0.25, -0.2) is 4.79 Å². The minimum atomic E-state index is -1.14. The molecule has 2 heterocycles. The zero-order valence-corrected chi connectivity index (χ0v) is 19.6. The molecule has 1 aliphatic carbocycles. The van der Waals surface area contributed by atoms with E-state index in [9.17, 15) is 14.4 Å². The lowest BCUT2D eigenvalue weighted by atomic mass is 9.67. The van der Waals surface area contributed by atoms with Crippen LogP contribution in [0.1, 0.15) is 58.6 Å². The molecule has 7 heteroatoms. The van der Waals surface area contributed by atoms with Crippen LogP contribution in [0.4, 0.5) is 0 Å². The predicted octanol–water partition coefficient (Wildman–Crippen LogP) is 4.77. The lowest BCUT2D eigenvalue weighted by molar-refractivity contribution is -0.163. The molecule has 2 aliphatic rings. The van der Waals surface area contributed by atoms with E-state index in [0.717, 1.165) is 22.7 Å². The molecule has 0 amide bonds. The third-order valence-corrected chi connectivity index (χ3v) is 8.33. The Balaban J connectivity index is 1.71. The van der Waals surface area contributed by atoms with E-state index in [1.807, 2.05) is 53.7 Å². The third-order valence-electron chi connectivity index (χ3n) is 7.30. The maximum Gasteiger partial charge on any atom is 0.336 e. The standard InChI is InChI=1S/C24H28O6S/c1-13(2)28-17-8-7-15-14(3)11-18(25)29-19(15)16(17)12-31-21(27)24-10-9-23(6,20(26)30-24)22(24,4)5/h7-8,11,13H,9-10,12H2,1-6H3/t23-,24+/m0/s1. The normalized spacial score (nSPS) is 26.5. The van der Waals surface area contributed by atoms with Gasteiger partial charge in [-0.2, -0.15) is 0 Å². The van der Waals surface area contributed by atoms with E-state index in [2.05, 4.69) is 0 Å². The van der Waals surface area contributed by atoms with E-state index in [0.29, 0.717) is 29.7 Å². The number of esters is 1. The first-order valence-corrected chi connectivity index (χ1v) is 11.6. The highest BCUT2D eigenvalue weighted by Crippen LogP contribution is 2.66. The van der Waals surface area contributed by atoms with Crippen molar-refractivity contribution in [2.45, 2.75) is 71.8 Å². The van der Waals surface area contributed by atoms with Gasteiger partial charge in [-0.15, -0.1) is 0 Å². The van der Waals surface area contributed by atoms with Crippen LogP contribution >= 0.6 is 11.8 Å². The fourth-order valence-electron chi connectivity index (χ4n) is 4.88. The monoisotopic (exact) mass is 444 g/mol. The van der Waals surface area contributed by atoms with Crippen molar-refractivity contribution >= 4 is 33.8 Å². The van der Waals surface area contributed by atoms with Gasteiger partial charge in [0.2, 0.25) is 5.12 Å². The van der Waals surface area contributed by atoms with Crippen LogP contribution in [0.5, 0.6) is 5.75 Å². The molecule has 166 valence electrons. The first-order valence-electron chi connectivity index (χ1n) is 10.6. The number of fused-ring (bicyclic) bond motifs is 3. The highest BCUT2D eigenvalue weighted by Gasteiger charge is 2.75. The molecule has 2 aromatic rings. The summed E-state index contributed by atoms with van der Waals surface area (Å²) in [6.45, 7) is 11.4. The van der Waals surface area contributed by atoms with Crippen molar-refractivity contribution in [1.29, 1.82) is 0 Å². The average Bonchev–Trinajstić information content (AvgIpc) is 2.96. The average molecular weight is 445 g/mol. The Bertz CT molecular complexity index is 1150. The summed E-state index contributed by atoms with van der Waals surface area (Å²) < 4.78 is 17.2. The van der Waals surface area contributed by atoms with Crippen molar-refractivity contribution in [2.75, 3.05) is 0 Å². The number of ether oxygens (including phenoxy) is 2. The number of thioether (sulfide) groups is 1. The molecule has 0 N–H and O–H groups in total. The number of rotatable bonds is 5. The number of aryl methyl sites for hydroxylation is 1. The lowest BCUT2D eigenvalue weighted by Gasteiger charge is -2.35. The smallest absolute Gasteiger partial charge is 0.336 e. The summed E-state index contributed by atoms with van der Waals surface area (Å²) in [5.74, 6) is 0.526. The minimum Gasteiger partial charge on any atom is -0.491 e. The molecule has 1 saturated carbocycles. The summed E-state index contributed by atoms with van der Waals surface area (Å²) in [4.78, 5) is 38.0. The largest absolute Gasteiger partial charge is 0.491 e. The van der Waals surface area contributed by atoms with E-state index in [-0.39, 0.29) is 22.9 Å². The van der Waals surface area contributed by atoms with E-state index in [1.54, 1.807) is 0 Å². The van der Waals surface area contributed by atoms with E-state index < -0.39 is 22.1 Å². The van der Waals surface area contributed by atoms with Crippen molar-refractivity contribution in [1.82, 2.24) is 0 Å². The van der Waals surface area contributed by atoms with Crippen molar-refractivity contribution in [3.8, 4) is 5.75 Å². The predicted molar refractivity (Wildman–Crippen MR) is 119 cm³/mol. The van der Waals surface area contributed by atoms with Gasteiger partial charge >= 0.3 is 11.6 Å². The fraction of sp³-hybridized carbons (Fsp3) is 0.542. The number of carbonyl (C=O) groups is 2. The Hall–Kier alpha value is -2.28. The van der Waals surface area contributed by atoms with Gasteiger partial charge < -0.3 is 13.9 Å². The molecule has 1 saturated heterocycles. The fourth-order valence-corrected chi connectivity index (χ4v) is 6.06. The van der Waals surface area contributed by atoms with Gasteiger partial charge in [0.1, 0.15) is 11.3 Å². The quantitative estimate of drug-likeness (QED) is 0.485. The molecule has 1 aromatic heterocycles. The summed E-state index contributed by atoms with van der Waals surface area (Å²) in [5.41, 5.74) is -0.941. The summed E-state index contributed by atoms with van der Waals surface area (Å²) in [7, 11) is 0. The molecule has 1 aliphatic heterocycles. The number of hydrogen-bond donors (Lipinski definition) is 0. The molecule has 31 heavy (non-hydrogen) atoms. The summed E-state index contributed by atoms with van der Waals surface area (Å²) >= 11 is 1.09. The molecule has 2 atom stereocenters. The SMILES string of the molecule is Cc1cc(=O)oc2c(CSC(=O)[C@@]34CC[C@@](C)(C(=O)O3)C4(C)C)c(OC(C)C)ccc12. The zero-order valence-electron chi connectivity index (χ0n) is 18.8. The molecular weight excluding hydrogens is 416 g/mol. The number of benzene rings is 1. The molecule has 0 unspecified atom stereocenters. The van der Waals surface area contributed by atoms with Crippen LogP contribution in [0.25, 0.3) is 11.0 Å². The second kappa shape index (κ2) is 7.12. The summed E-state index contributed by atoms with van der Waals surface area (Å²) in [5, 5.41) is 0.632. The molecule has 2 fully saturated rings. The third kappa shape index (κ3) is 3.04. The minimum absolute atomic E-state index is 0.0858. The van der Waals surface area contributed by atoms with Crippen molar-refractivity contribution in [3.05, 3.63) is 39.7 Å². The van der Waals surface area contributed by atoms with E-state index in [1.165, 1.54) is 6.07 Å². The van der Waals surface area contributed by atoms with Gasteiger partial charge in [0.25, 0.3) is 0 Å². The van der Waals surface area contributed by atoms with Crippen LogP contribution in [0.2, 0.25) is 0 Å². The molecule has 1 aromatic carbocycles. The van der Waals surface area contributed by atoms with Crippen molar-refractivity contribution in [2.24, 2.45) is 10.8 Å². The molecule has 0 spiro atoms. The molecular formula is C24H28O6S. The molecule has 4 rings (SSSR count). The van der Waals surface area contributed by atoms with Gasteiger partial charge in [0.05, 0.1) is 11.5 Å². The summed E-state index contributed by atoms with van der Waals surface area (Å²) in [6.07, 6.45) is 1.07. The number of hydrogen-bond acceptors (Lipinski definition) is 7. The maximum absolute atomic E-state index is 13.5. The topological polar surface area (TPSA) is 82.8 Å². The van der Waals surface area contributed by atoms with Gasteiger partial charge in [0, 0.05) is 28.2 Å². The van der Waals surface area contributed by atoms with Crippen LogP contribution in [-0.4, -0.2) is 22.8 Å². The van der Waals surface area contributed by atoms with E-state index in [4.69, 9.17) is 13.9 Å². The van der Waals surface area contributed by atoms with Gasteiger partial charge in [-0.3, -0.25) is 9.59 Å². The second-order valence-corrected chi connectivity index (χ2v) is 10.5. The second-order valence-electron chi connectivity index (χ2n) is 9.58. The summed E-state index contributed by atoms with van der Waals surface area (Å²) in [6, 6.07) is 5.16. The highest BCUT2D eigenvalue weighted by molar-refractivity contribution is 8.13. The van der Waals surface area contributed by atoms with Crippen LogP contribution in [-0.2, 0) is 20.1 Å². The first kappa shape index (κ1) is 21.9. The van der Waals surface area contributed by atoms with Crippen LogP contribution in [0, 0.1) is 17.8 Å². The number of carbonyl (C=O) groups excluding carboxylic acids is 2. The highest BCUT2D eigenvalue weighted by atomic mass is 32.2. The Morgan fingerprint density at radius 1 is 1.19 bits per heavy atom. The Labute approximate surface area is 185 Å². The first-order chi connectivity index (χ1) is 14.4. The Kier molecular flexibility index (Phi) is 5.04. The molecule has 6 nitrogen and oxygen atoms in total. The molecule has 2 bridgehead atoms. The molecule has 0 radical (unpaired) electrons. The van der Waals surface area contributed by atoms with Crippen LogP contribution in [0.3, 0.4) is 0 Å². The van der Waals surface area contributed by atoms with Crippen molar-refractivity contribution in [3.63, 3.8) is 0 Å². The van der Waals surface area contributed by atoms with Crippen LogP contribution in [0.15, 0.2) is 27.4 Å². The van der Waals surface area contributed by atoms with Crippen LogP contribution < -0.4 is 10.4 Å². The van der Waals surface area contributed by atoms with Gasteiger partial charge in [-0.05, 0) is 58.2 Å². The Morgan fingerprint density at radius 3 is 2.48 bits per heavy atom. The van der Waals surface area contributed by atoms with Gasteiger partial charge in [-0.1, -0.05) is 25.6 Å². The maximum atomic E-state index is 13.5. The lowest BCUT2D eigenvalue weighted by Crippen LogP contribution is -2.46. The van der Waals surface area contributed by atoms with Crippen molar-refractivity contribution < 1.29 is 23.5 Å². The van der Waals surface area contributed by atoms with E-state index >= 15 is 0 Å².